The number of hydrogen-bond donors (Lipinski definition) is 2. The summed E-state index contributed by atoms with van der Waals surface area (Å²) in [6, 6.07) is 20.4. The predicted octanol–water partition coefficient (Wildman–Crippen LogP) is 4.07. The molecule has 3 aromatic carbocycles. The molecule has 0 spiro atoms. The molecule has 0 unspecified atom stereocenters. The number of nitrogens with two attached hydrogens (primary N) is 1. The van der Waals surface area contributed by atoms with E-state index in [-0.39, 0.29) is 10.7 Å². The number of aromatic nitrogens is 2. The van der Waals surface area contributed by atoms with Crippen molar-refractivity contribution >= 4 is 21.5 Å². The molecule has 0 aliphatic rings. The normalized spacial score (nSPS) is 11.3. The van der Waals surface area contributed by atoms with Gasteiger partial charge in [-0.2, -0.15) is 5.10 Å². The highest BCUT2D eigenvalue weighted by molar-refractivity contribution is 7.92. The molecule has 4 aromatic rings. The fraction of sp³-hybridized carbons (Fsp3) is 0.0455. The number of nitrogens with one attached hydrogen (secondary N) is 1. The van der Waals surface area contributed by atoms with Gasteiger partial charge in [-0.25, -0.2) is 17.5 Å². The molecule has 0 bridgehead atoms. The van der Waals surface area contributed by atoms with Gasteiger partial charge in [-0.05, 0) is 60.7 Å². The van der Waals surface area contributed by atoms with Crippen molar-refractivity contribution in [2.24, 2.45) is 0 Å². The third-order valence-electron chi connectivity index (χ3n) is 4.61. The number of anilines is 2. The van der Waals surface area contributed by atoms with Gasteiger partial charge in [0.2, 0.25) is 0 Å². The first-order valence-electron chi connectivity index (χ1n) is 9.24. The zero-order valence-corrected chi connectivity index (χ0v) is 17.3. The molecule has 158 valence electrons. The number of benzene rings is 3. The molecule has 31 heavy (non-hydrogen) atoms. The summed E-state index contributed by atoms with van der Waals surface area (Å²) < 4.78 is 47.4. The molecule has 4 rings (SSSR count). The Morgan fingerprint density at radius 3 is 2.23 bits per heavy atom. The predicted molar refractivity (Wildman–Crippen MR) is 117 cm³/mol. The van der Waals surface area contributed by atoms with E-state index < -0.39 is 10.0 Å². The molecule has 0 aliphatic heterocycles. The Labute approximate surface area is 179 Å². The van der Waals surface area contributed by atoms with Crippen LogP contribution in [0.15, 0.2) is 83.8 Å². The molecule has 0 saturated carbocycles. The largest absolute Gasteiger partial charge is 0.497 e. The monoisotopic (exact) mass is 438 g/mol. The Kier molecular flexibility index (Phi) is 5.35. The van der Waals surface area contributed by atoms with Crippen LogP contribution in [0.2, 0.25) is 0 Å². The van der Waals surface area contributed by atoms with Crippen molar-refractivity contribution in [3.8, 4) is 22.7 Å². The molecule has 0 atom stereocenters. The Balaban J connectivity index is 1.54. The third kappa shape index (κ3) is 4.36. The van der Waals surface area contributed by atoms with Crippen molar-refractivity contribution in [1.82, 2.24) is 9.78 Å². The first kappa shape index (κ1) is 20.4. The van der Waals surface area contributed by atoms with Crippen LogP contribution in [-0.4, -0.2) is 25.3 Å². The molecule has 1 heterocycles. The Bertz CT molecular complexity index is 1300. The smallest absolute Gasteiger partial charge is 0.261 e. The summed E-state index contributed by atoms with van der Waals surface area (Å²) in [7, 11) is -2.22. The minimum absolute atomic E-state index is 0.128. The van der Waals surface area contributed by atoms with Gasteiger partial charge in [-0.15, -0.1) is 0 Å². The summed E-state index contributed by atoms with van der Waals surface area (Å²) in [5.41, 5.74) is 8.45. The lowest BCUT2D eigenvalue weighted by molar-refractivity contribution is 0.414. The maximum absolute atomic E-state index is 13.2. The van der Waals surface area contributed by atoms with E-state index in [1.165, 1.54) is 36.1 Å². The lowest BCUT2D eigenvalue weighted by Gasteiger charge is -2.09. The van der Waals surface area contributed by atoms with Gasteiger partial charge in [-0.1, -0.05) is 12.1 Å². The van der Waals surface area contributed by atoms with Crippen molar-refractivity contribution in [2.75, 3.05) is 17.6 Å². The average molecular weight is 438 g/mol. The SMILES string of the molecule is COc1ccc(S(=O)(=O)Nc2ccc(-c3cc(N)n(-c4ccc(F)cc4)n3)cc2)cc1. The molecule has 0 aliphatic carbocycles. The number of hydrogen-bond acceptors (Lipinski definition) is 5. The van der Waals surface area contributed by atoms with Crippen LogP contribution in [0.3, 0.4) is 0 Å². The highest BCUT2D eigenvalue weighted by Crippen LogP contribution is 2.26. The second kappa shape index (κ2) is 8.11. The van der Waals surface area contributed by atoms with Crippen LogP contribution in [0.1, 0.15) is 0 Å². The fourth-order valence-corrected chi connectivity index (χ4v) is 4.06. The summed E-state index contributed by atoms with van der Waals surface area (Å²) in [4.78, 5) is 0.128. The Hall–Kier alpha value is -3.85. The first-order valence-corrected chi connectivity index (χ1v) is 10.7. The highest BCUT2D eigenvalue weighted by atomic mass is 32.2. The molecular weight excluding hydrogens is 419 g/mol. The van der Waals surface area contributed by atoms with E-state index in [9.17, 15) is 12.8 Å². The lowest BCUT2D eigenvalue weighted by Crippen LogP contribution is -2.12. The number of sulfonamides is 1. The van der Waals surface area contributed by atoms with E-state index in [2.05, 4.69) is 9.82 Å². The lowest BCUT2D eigenvalue weighted by atomic mass is 10.1. The van der Waals surface area contributed by atoms with E-state index in [0.717, 1.165) is 5.56 Å². The molecule has 0 fully saturated rings. The van der Waals surface area contributed by atoms with Gasteiger partial charge in [0.15, 0.2) is 0 Å². The van der Waals surface area contributed by atoms with Crippen LogP contribution in [0.4, 0.5) is 15.9 Å². The molecule has 0 saturated heterocycles. The van der Waals surface area contributed by atoms with Crippen LogP contribution >= 0.6 is 0 Å². The van der Waals surface area contributed by atoms with Crippen LogP contribution in [0.5, 0.6) is 5.75 Å². The molecule has 0 radical (unpaired) electrons. The number of methoxy groups -OCH3 is 1. The van der Waals surface area contributed by atoms with Gasteiger partial charge in [-0.3, -0.25) is 4.72 Å². The van der Waals surface area contributed by atoms with Crippen molar-refractivity contribution in [3.05, 3.63) is 84.7 Å². The van der Waals surface area contributed by atoms with Gasteiger partial charge >= 0.3 is 0 Å². The van der Waals surface area contributed by atoms with Gasteiger partial charge in [0.05, 0.1) is 23.4 Å². The summed E-state index contributed by atoms with van der Waals surface area (Å²) in [6.45, 7) is 0. The standard InChI is InChI=1S/C22H19FN4O3S/c1-30-19-10-12-20(13-11-19)31(28,29)26-17-6-2-15(3-7-17)21-14-22(24)27(25-21)18-8-4-16(23)5-9-18/h2-14,26H,24H2,1H3. The van der Waals surface area contributed by atoms with E-state index in [4.69, 9.17) is 10.5 Å². The maximum Gasteiger partial charge on any atom is 0.261 e. The Morgan fingerprint density at radius 2 is 1.61 bits per heavy atom. The average Bonchev–Trinajstić information content (AvgIpc) is 3.16. The number of nitrogen functional groups attached to an aromatic ring is 1. The first-order chi connectivity index (χ1) is 14.9. The van der Waals surface area contributed by atoms with Crippen LogP contribution < -0.4 is 15.2 Å². The van der Waals surface area contributed by atoms with Crippen LogP contribution in [0, 0.1) is 5.82 Å². The number of nitrogens with zero attached hydrogens (tertiary/aromatic N) is 2. The quantitative estimate of drug-likeness (QED) is 0.473. The second-order valence-electron chi connectivity index (χ2n) is 6.70. The van der Waals surface area contributed by atoms with E-state index in [1.54, 1.807) is 54.6 Å². The zero-order chi connectivity index (χ0) is 22.0. The second-order valence-corrected chi connectivity index (χ2v) is 8.38. The van der Waals surface area contributed by atoms with Crippen molar-refractivity contribution in [1.29, 1.82) is 0 Å². The van der Waals surface area contributed by atoms with E-state index in [0.29, 0.717) is 28.6 Å². The summed E-state index contributed by atoms with van der Waals surface area (Å²) in [5.74, 6) is 0.621. The number of halogens is 1. The van der Waals surface area contributed by atoms with Crippen LogP contribution in [0.25, 0.3) is 16.9 Å². The molecule has 3 N–H and O–H groups in total. The molecule has 7 nitrogen and oxygen atoms in total. The zero-order valence-electron chi connectivity index (χ0n) is 16.5. The van der Waals surface area contributed by atoms with Crippen molar-refractivity contribution < 1.29 is 17.5 Å². The van der Waals surface area contributed by atoms with Gasteiger partial charge in [0.25, 0.3) is 10.0 Å². The van der Waals surface area contributed by atoms with E-state index >= 15 is 0 Å². The molecule has 1 aromatic heterocycles. The minimum Gasteiger partial charge on any atom is -0.497 e. The van der Waals surface area contributed by atoms with Crippen LogP contribution in [-0.2, 0) is 10.0 Å². The summed E-state index contributed by atoms with van der Waals surface area (Å²) >= 11 is 0. The van der Waals surface area contributed by atoms with Gasteiger partial charge in [0, 0.05) is 17.3 Å². The van der Waals surface area contributed by atoms with Crippen molar-refractivity contribution in [3.63, 3.8) is 0 Å². The van der Waals surface area contributed by atoms with Gasteiger partial charge in [0.1, 0.15) is 17.4 Å². The minimum atomic E-state index is -3.73. The molecule has 9 heteroatoms. The Morgan fingerprint density at radius 1 is 0.968 bits per heavy atom. The summed E-state index contributed by atoms with van der Waals surface area (Å²) in [6.07, 6.45) is 0. The maximum atomic E-state index is 13.2. The summed E-state index contributed by atoms with van der Waals surface area (Å²) in [5, 5.41) is 4.47. The highest BCUT2D eigenvalue weighted by Gasteiger charge is 2.15. The van der Waals surface area contributed by atoms with Crippen molar-refractivity contribution in [2.45, 2.75) is 4.90 Å². The fourth-order valence-electron chi connectivity index (χ4n) is 3.00. The number of rotatable bonds is 6. The third-order valence-corrected chi connectivity index (χ3v) is 6.01. The number of ether oxygens (including phenoxy) is 1. The van der Waals surface area contributed by atoms with E-state index in [1.807, 2.05) is 0 Å². The van der Waals surface area contributed by atoms with Gasteiger partial charge < -0.3 is 10.5 Å². The topological polar surface area (TPSA) is 99.2 Å². The molecule has 0 amide bonds. The molecular formula is C22H19FN4O3S.